The van der Waals surface area contributed by atoms with E-state index in [1.807, 2.05) is 6.07 Å². The van der Waals surface area contributed by atoms with Crippen molar-refractivity contribution < 1.29 is 18.7 Å². The monoisotopic (exact) mass is 397 g/mol. The number of pyridine rings is 1. The number of nitrogens with zero attached hydrogens (tertiary/aromatic N) is 1. The zero-order chi connectivity index (χ0) is 21.3. The number of carbonyl (C=O) groups excluding carboxylic acids is 1. The van der Waals surface area contributed by atoms with Gasteiger partial charge in [-0.15, -0.1) is 0 Å². The Hall–Kier alpha value is -3.73. The Morgan fingerprint density at radius 1 is 1.31 bits per heavy atom. The Bertz CT molecular complexity index is 1230. The largest absolute Gasteiger partial charge is 0.507 e. The van der Waals surface area contributed by atoms with Gasteiger partial charge in [-0.25, -0.2) is 8.78 Å². The number of fused-ring (bicyclic) bond motifs is 1. The summed E-state index contributed by atoms with van der Waals surface area (Å²) in [7, 11) is 0. The molecule has 0 spiro atoms. The number of nitrogens with one attached hydrogen (secondary N) is 2. The molecule has 1 heterocycles. The van der Waals surface area contributed by atoms with Crippen molar-refractivity contribution in [2.45, 2.75) is 26.3 Å². The van der Waals surface area contributed by atoms with Crippen molar-refractivity contribution in [2.75, 3.05) is 0 Å². The van der Waals surface area contributed by atoms with Crippen LogP contribution in [0.3, 0.4) is 0 Å². The van der Waals surface area contributed by atoms with Gasteiger partial charge in [0.25, 0.3) is 5.56 Å². The molecule has 0 aliphatic rings. The highest BCUT2D eigenvalue weighted by Gasteiger charge is 2.19. The minimum absolute atomic E-state index is 0.000315. The van der Waals surface area contributed by atoms with E-state index in [2.05, 4.69) is 10.3 Å². The van der Waals surface area contributed by atoms with Crippen molar-refractivity contribution in [3.05, 3.63) is 74.6 Å². The van der Waals surface area contributed by atoms with Crippen LogP contribution in [0.15, 0.2) is 35.1 Å². The standard InChI is InChI=1S/C21H17F2N3O3/c1-10-14(21(29)26-17-5-6-18(27)15(9-24)20(10)17)8-19(28)25-11(2)13-4-3-12(22)7-16(13)23/h3-7,11,27H,8H2,1-2H3,(H,25,28)(H,26,29)/t11-/m0/s1. The number of aromatic nitrogens is 1. The number of phenols is 1. The number of aryl methyl sites for hydroxylation is 1. The first-order valence-electron chi connectivity index (χ1n) is 8.74. The number of aromatic hydroxyl groups is 1. The first kappa shape index (κ1) is 20.0. The Morgan fingerprint density at radius 2 is 2.03 bits per heavy atom. The molecule has 8 heteroatoms. The van der Waals surface area contributed by atoms with Gasteiger partial charge >= 0.3 is 0 Å². The van der Waals surface area contributed by atoms with E-state index in [-0.39, 0.29) is 28.9 Å². The summed E-state index contributed by atoms with van der Waals surface area (Å²) in [5.74, 6) is -2.29. The van der Waals surface area contributed by atoms with Crippen LogP contribution in [0.2, 0.25) is 0 Å². The maximum Gasteiger partial charge on any atom is 0.252 e. The van der Waals surface area contributed by atoms with Crippen molar-refractivity contribution in [3.8, 4) is 11.8 Å². The molecule has 0 aliphatic heterocycles. The fourth-order valence-electron chi connectivity index (χ4n) is 3.31. The van der Waals surface area contributed by atoms with Gasteiger partial charge in [-0.2, -0.15) is 5.26 Å². The molecular formula is C21H17F2N3O3. The van der Waals surface area contributed by atoms with Crippen LogP contribution in [0.25, 0.3) is 10.9 Å². The lowest BCUT2D eigenvalue weighted by molar-refractivity contribution is -0.121. The molecule has 0 unspecified atom stereocenters. The average Bonchev–Trinajstić information content (AvgIpc) is 2.65. The van der Waals surface area contributed by atoms with E-state index in [0.29, 0.717) is 16.5 Å². The van der Waals surface area contributed by atoms with Crippen molar-refractivity contribution in [1.82, 2.24) is 10.3 Å². The number of carbonyl (C=O) groups is 1. The van der Waals surface area contributed by atoms with Crippen molar-refractivity contribution in [3.63, 3.8) is 0 Å². The first-order valence-corrected chi connectivity index (χ1v) is 8.74. The second kappa shape index (κ2) is 7.72. The van der Waals surface area contributed by atoms with Crippen LogP contribution in [0.1, 0.15) is 35.2 Å². The smallest absolute Gasteiger partial charge is 0.252 e. The molecule has 0 fully saturated rings. The second-order valence-electron chi connectivity index (χ2n) is 6.68. The first-order chi connectivity index (χ1) is 13.7. The van der Waals surface area contributed by atoms with Gasteiger partial charge in [0.1, 0.15) is 29.0 Å². The summed E-state index contributed by atoms with van der Waals surface area (Å²) in [5.41, 5.74) is 0.504. The van der Waals surface area contributed by atoms with E-state index in [9.17, 15) is 28.7 Å². The summed E-state index contributed by atoms with van der Waals surface area (Å²) < 4.78 is 27.0. The Balaban J connectivity index is 1.92. The van der Waals surface area contributed by atoms with Gasteiger partial charge in [-0.05, 0) is 37.6 Å². The third kappa shape index (κ3) is 3.80. The summed E-state index contributed by atoms with van der Waals surface area (Å²) in [6.45, 7) is 3.13. The van der Waals surface area contributed by atoms with Crippen molar-refractivity contribution >= 4 is 16.8 Å². The number of rotatable bonds is 4. The third-order valence-corrected chi connectivity index (χ3v) is 4.79. The molecule has 29 heavy (non-hydrogen) atoms. The van der Waals surface area contributed by atoms with E-state index in [4.69, 9.17) is 0 Å². The van der Waals surface area contributed by atoms with E-state index in [1.54, 1.807) is 6.92 Å². The number of hydrogen-bond acceptors (Lipinski definition) is 4. The average molecular weight is 397 g/mol. The maximum atomic E-state index is 13.9. The summed E-state index contributed by atoms with van der Waals surface area (Å²) >= 11 is 0. The molecule has 0 aliphatic carbocycles. The summed E-state index contributed by atoms with van der Waals surface area (Å²) in [6, 6.07) is 7.00. The highest BCUT2D eigenvalue weighted by Crippen LogP contribution is 2.28. The molecule has 3 N–H and O–H groups in total. The number of aromatic amines is 1. The highest BCUT2D eigenvalue weighted by atomic mass is 19.1. The summed E-state index contributed by atoms with van der Waals surface area (Å²) in [4.78, 5) is 27.5. The van der Waals surface area contributed by atoms with Gasteiger partial charge in [0.2, 0.25) is 5.91 Å². The Morgan fingerprint density at radius 3 is 2.69 bits per heavy atom. The third-order valence-electron chi connectivity index (χ3n) is 4.79. The zero-order valence-corrected chi connectivity index (χ0v) is 15.6. The number of nitriles is 1. The molecule has 0 saturated heterocycles. The molecule has 0 saturated carbocycles. The molecule has 3 aromatic rings. The highest BCUT2D eigenvalue weighted by molar-refractivity contribution is 5.91. The van der Waals surface area contributed by atoms with Gasteiger partial charge in [-0.1, -0.05) is 6.07 Å². The molecule has 1 aromatic heterocycles. The predicted molar refractivity (Wildman–Crippen MR) is 102 cm³/mol. The molecule has 0 bridgehead atoms. The molecule has 3 rings (SSSR count). The number of H-pyrrole nitrogens is 1. The Kier molecular flexibility index (Phi) is 5.33. The minimum Gasteiger partial charge on any atom is -0.507 e. The van der Waals surface area contributed by atoms with E-state index in [1.165, 1.54) is 25.1 Å². The van der Waals surface area contributed by atoms with Gasteiger partial charge in [-0.3, -0.25) is 9.59 Å². The van der Waals surface area contributed by atoms with Crippen LogP contribution in [-0.4, -0.2) is 16.0 Å². The number of hydrogen-bond donors (Lipinski definition) is 3. The van der Waals surface area contributed by atoms with Crippen LogP contribution in [-0.2, 0) is 11.2 Å². The van der Waals surface area contributed by atoms with E-state index >= 15 is 0 Å². The fourth-order valence-corrected chi connectivity index (χ4v) is 3.31. The number of halogens is 2. The van der Waals surface area contributed by atoms with Crippen LogP contribution < -0.4 is 10.9 Å². The lowest BCUT2D eigenvalue weighted by Gasteiger charge is -2.16. The van der Waals surface area contributed by atoms with Crippen molar-refractivity contribution in [1.29, 1.82) is 5.26 Å². The molecule has 2 aromatic carbocycles. The van der Waals surface area contributed by atoms with Gasteiger partial charge < -0.3 is 15.4 Å². The second-order valence-corrected chi connectivity index (χ2v) is 6.68. The summed E-state index contributed by atoms with van der Waals surface area (Å²) in [5, 5.41) is 22.2. The number of benzene rings is 2. The topological polar surface area (TPSA) is 106 Å². The van der Waals surface area contributed by atoms with E-state index < -0.39 is 29.1 Å². The normalized spacial score (nSPS) is 11.8. The molecule has 148 valence electrons. The maximum absolute atomic E-state index is 13.9. The molecule has 1 atom stereocenters. The lowest BCUT2D eigenvalue weighted by atomic mass is 9.98. The molecule has 1 amide bonds. The van der Waals surface area contributed by atoms with Crippen molar-refractivity contribution in [2.24, 2.45) is 0 Å². The van der Waals surface area contributed by atoms with Crippen LogP contribution in [0.4, 0.5) is 8.78 Å². The minimum atomic E-state index is -0.785. The lowest BCUT2D eigenvalue weighted by Crippen LogP contribution is -2.31. The van der Waals surface area contributed by atoms with Crippen LogP contribution in [0.5, 0.6) is 5.75 Å². The SMILES string of the molecule is Cc1c(CC(=O)N[C@@H](C)c2ccc(F)cc2F)c(=O)[nH]c2ccc(O)c(C#N)c12. The van der Waals surface area contributed by atoms with E-state index in [0.717, 1.165) is 12.1 Å². The number of phenolic OH excluding ortho intramolecular Hbond substituents is 1. The zero-order valence-electron chi connectivity index (χ0n) is 15.6. The van der Waals surface area contributed by atoms with Gasteiger partial charge in [0, 0.05) is 22.6 Å². The predicted octanol–water partition coefficient (Wildman–Crippen LogP) is 3.11. The van der Waals surface area contributed by atoms with Gasteiger partial charge in [0.15, 0.2) is 0 Å². The fraction of sp³-hybridized carbons (Fsp3) is 0.190. The van der Waals surface area contributed by atoms with Gasteiger partial charge in [0.05, 0.1) is 18.0 Å². The quantitative estimate of drug-likeness (QED) is 0.629. The van der Waals surface area contributed by atoms with Crippen LogP contribution >= 0.6 is 0 Å². The summed E-state index contributed by atoms with van der Waals surface area (Å²) in [6.07, 6.45) is -0.315. The Labute approximate surface area is 164 Å². The molecular weight excluding hydrogens is 380 g/mol. The molecule has 0 radical (unpaired) electrons. The van der Waals surface area contributed by atoms with Crippen LogP contribution in [0, 0.1) is 29.9 Å². The molecule has 6 nitrogen and oxygen atoms in total. The number of amides is 1.